The lowest BCUT2D eigenvalue weighted by atomic mass is 9.97. The quantitative estimate of drug-likeness (QED) is 0.271. The summed E-state index contributed by atoms with van der Waals surface area (Å²) in [4.78, 5) is 28.1. The second kappa shape index (κ2) is 13.2. The van der Waals surface area contributed by atoms with Crippen molar-refractivity contribution in [2.75, 3.05) is 5.73 Å². The lowest BCUT2D eigenvalue weighted by Crippen LogP contribution is -2.47. The third-order valence-electron chi connectivity index (χ3n) is 7.28. The zero-order chi connectivity index (χ0) is 29.6. The lowest BCUT2D eigenvalue weighted by molar-refractivity contribution is -0.137. The van der Waals surface area contributed by atoms with E-state index in [2.05, 4.69) is 5.32 Å². The van der Waals surface area contributed by atoms with Crippen LogP contribution in [0.5, 0.6) is 0 Å². The molecule has 1 aliphatic carbocycles. The van der Waals surface area contributed by atoms with Crippen LogP contribution in [0.25, 0.3) is 0 Å². The number of hydrogen-bond donors (Lipinski definition) is 4. The molecule has 4 rings (SSSR count). The van der Waals surface area contributed by atoms with E-state index < -0.39 is 36.0 Å². The average Bonchev–Trinajstić information content (AvgIpc) is 3.25. The van der Waals surface area contributed by atoms with E-state index in [-0.39, 0.29) is 25.3 Å². The molecule has 3 aromatic rings. The molecular weight excluding hydrogens is 518 g/mol. The molecule has 0 unspecified atom stereocenters. The predicted molar refractivity (Wildman–Crippen MR) is 159 cm³/mol. The number of alkyl carbamates (subject to hydrolysis) is 1. The number of aliphatic hydroxyl groups is 2. The number of benzene rings is 3. The summed E-state index contributed by atoms with van der Waals surface area (Å²) in [6.45, 7) is 5.62. The van der Waals surface area contributed by atoms with Gasteiger partial charge in [0.1, 0.15) is 5.60 Å². The van der Waals surface area contributed by atoms with Crippen molar-refractivity contribution in [3.63, 3.8) is 0 Å². The first-order valence-corrected chi connectivity index (χ1v) is 14.1. The SMILES string of the molecule is CC(C)(C)OC(=O)N[C@@H](Cc1ccccc1)[C@@H](O)CCC(=O)N(Cc1ccc(N)cc1)[C@H]1c2ccccc2C[C@H]1O. The van der Waals surface area contributed by atoms with Crippen LogP contribution in [0.15, 0.2) is 78.9 Å². The van der Waals surface area contributed by atoms with E-state index >= 15 is 0 Å². The standard InChI is InChI=1S/C33H41N3O5/c1-33(2,3)41-32(40)35-27(19-22-9-5-4-6-10-22)28(37)17-18-30(39)36(21-23-13-15-25(34)16-14-23)31-26-12-8-7-11-24(26)20-29(31)38/h4-16,27-29,31,37-38H,17-21,34H2,1-3H3,(H,35,40)/t27-,28-,29+,31-/m0/s1. The Morgan fingerprint density at radius 1 is 1.00 bits per heavy atom. The summed E-state index contributed by atoms with van der Waals surface area (Å²) >= 11 is 0. The summed E-state index contributed by atoms with van der Waals surface area (Å²) in [5, 5.41) is 25.1. The number of amides is 2. The summed E-state index contributed by atoms with van der Waals surface area (Å²) in [7, 11) is 0. The Balaban J connectivity index is 1.51. The van der Waals surface area contributed by atoms with Crippen LogP contribution >= 0.6 is 0 Å². The van der Waals surface area contributed by atoms with Crippen molar-refractivity contribution in [3.05, 3.63) is 101 Å². The van der Waals surface area contributed by atoms with Crippen LogP contribution in [-0.2, 0) is 28.9 Å². The molecule has 8 nitrogen and oxygen atoms in total. The van der Waals surface area contributed by atoms with Crippen molar-refractivity contribution in [1.82, 2.24) is 10.2 Å². The van der Waals surface area contributed by atoms with Crippen molar-refractivity contribution >= 4 is 17.7 Å². The van der Waals surface area contributed by atoms with Gasteiger partial charge >= 0.3 is 6.09 Å². The number of fused-ring (bicyclic) bond motifs is 1. The summed E-state index contributed by atoms with van der Waals surface area (Å²) in [6.07, 6.45) is -1.38. The summed E-state index contributed by atoms with van der Waals surface area (Å²) in [5.74, 6) is -0.197. The van der Waals surface area contributed by atoms with E-state index in [1.54, 1.807) is 37.8 Å². The first-order valence-electron chi connectivity index (χ1n) is 14.1. The number of aliphatic hydroxyl groups excluding tert-OH is 2. The lowest BCUT2D eigenvalue weighted by Gasteiger charge is -2.33. The highest BCUT2D eigenvalue weighted by atomic mass is 16.6. The maximum atomic E-state index is 13.8. The first kappa shape index (κ1) is 30.1. The molecule has 0 saturated carbocycles. The van der Waals surface area contributed by atoms with Crippen LogP contribution in [0, 0.1) is 0 Å². The van der Waals surface area contributed by atoms with Crippen molar-refractivity contribution < 1.29 is 24.5 Å². The minimum atomic E-state index is -1.01. The Labute approximate surface area is 242 Å². The Bertz CT molecular complexity index is 1310. The average molecular weight is 560 g/mol. The molecule has 41 heavy (non-hydrogen) atoms. The molecule has 0 aromatic heterocycles. The number of nitrogens with zero attached hydrogens (tertiary/aromatic N) is 1. The number of nitrogens with two attached hydrogens (primary N) is 1. The molecule has 0 heterocycles. The number of carbonyl (C=O) groups excluding carboxylic acids is 2. The van der Waals surface area contributed by atoms with Crippen LogP contribution in [0.3, 0.4) is 0 Å². The van der Waals surface area contributed by atoms with Crippen LogP contribution in [0.2, 0.25) is 0 Å². The number of nitrogens with one attached hydrogen (secondary N) is 1. The molecule has 8 heteroatoms. The second-order valence-corrected chi connectivity index (χ2v) is 11.7. The Morgan fingerprint density at radius 2 is 1.66 bits per heavy atom. The molecule has 4 atom stereocenters. The third-order valence-corrected chi connectivity index (χ3v) is 7.28. The van der Waals surface area contributed by atoms with Gasteiger partial charge in [0.25, 0.3) is 0 Å². The zero-order valence-electron chi connectivity index (χ0n) is 24.0. The largest absolute Gasteiger partial charge is 0.444 e. The van der Waals surface area contributed by atoms with Crippen molar-refractivity contribution in [1.29, 1.82) is 0 Å². The monoisotopic (exact) mass is 559 g/mol. The molecule has 1 aliphatic rings. The topological polar surface area (TPSA) is 125 Å². The maximum Gasteiger partial charge on any atom is 0.407 e. The molecule has 5 N–H and O–H groups in total. The van der Waals surface area contributed by atoms with Gasteiger partial charge in [-0.05, 0) is 68.0 Å². The Morgan fingerprint density at radius 3 is 2.34 bits per heavy atom. The van der Waals surface area contributed by atoms with Gasteiger partial charge in [-0.25, -0.2) is 4.79 Å². The number of nitrogen functional groups attached to an aromatic ring is 1. The van der Waals surface area contributed by atoms with Crippen molar-refractivity contribution in [3.8, 4) is 0 Å². The van der Waals surface area contributed by atoms with E-state index in [0.717, 1.165) is 22.3 Å². The van der Waals surface area contributed by atoms with Gasteiger partial charge in [-0.1, -0.05) is 66.7 Å². The van der Waals surface area contributed by atoms with Crippen LogP contribution in [0.1, 0.15) is 61.9 Å². The van der Waals surface area contributed by atoms with Crippen molar-refractivity contribution in [2.45, 2.75) is 82.9 Å². The van der Waals surface area contributed by atoms with Gasteiger partial charge < -0.3 is 30.9 Å². The van der Waals surface area contributed by atoms with E-state index in [1.807, 2.05) is 66.7 Å². The number of anilines is 1. The molecule has 0 fully saturated rings. The predicted octanol–water partition coefficient (Wildman–Crippen LogP) is 4.53. The second-order valence-electron chi connectivity index (χ2n) is 11.7. The summed E-state index contributed by atoms with van der Waals surface area (Å²) < 4.78 is 5.43. The van der Waals surface area contributed by atoms with Crippen molar-refractivity contribution in [2.24, 2.45) is 0 Å². The van der Waals surface area contributed by atoms with Crippen LogP contribution in [-0.4, -0.2) is 51.0 Å². The van der Waals surface area contributed by atoms with E-state index in [9.17, 15) is 19.8 Å². The molecule has 0 saturated heterocycles. The highest BCUT2D eigenvalue weighted by Gasteiger charge is 2.38. The van der Waals surface area contributed by atoms with E-state index in [0.29, 0.717) is 18.5 Å². The van der Waals surface area contributed by atoms with Gasteiger partial charge in [-0.2, -0.15) is 0 Å². The molecular formula is C33H41N3O5. The number of hydrogen-bond acceptors (Lipinski definition) is 6. The normalized spacial score (nSPS) is 17.8. The maximum absolute atomic E-state index is 13.8. The van der Waals surface area contributed by atoms with Gasteiger partial charge in [0.15, 0.2) is 0 Å². The van der Waals surface area contributed by atoms with Gasteiger partial charge in [-0.15, -0.1) is 0 Å². The molecule has 2 amide bonds. The zero-order valence-corrected chi connectivity index (χ0v) is 24.0. The molecule has 0 radical (unpaired) electrons. The van der Waals surface area contributed by atoms with Gasteiger partial charge in [0, 0.05) is 25.1 Å². The van der Waals surface area contributed by atoms with Crippen LogP contribution in [0.4, 0.5) is 10.5 Å². The summed E-state index contributed by atoms with van der Waals surface area (Å²) in [6, 6.07) is 23.5. The third kappa shape index (κ3) is 8.31. The Hall–Kier alpha value is -3.88. The van der Waals surface area contributed by atoms with Gasteiger partial charge in [0.2, 0.25) is 5.91 Å². The smallest absolute Gasteiger partial charge is 0.407 e. The van der Waals surface area contributed by atoms with Crippen LogP contribution < -0.4 is 11.1 Å². The number of ether oxygens (including phenoxy) is 1. The fourth-order valence-electron chi connectivity index (χ4n) is 5.32. The highest BCUT2D eigenvalue weighted by molar-refractivity contribution is 5.77. The first-order chi connectivity index (χ1) is 19.5. The molecule has 0 bridgehead atoms. The minimum Gasteiger partial charge on any atom is -0.444 e. The molecule has 0 spiro atoms. The fourth-order valence-corrected chi connectivity index (χ4v) is 5.32. The molecule has 3 aromatic carbocycles. The van der Waals surface area contributed by atoms with E-state index in [1.165, 1.54) is 0 Å². The minimum absolute atomic E-state index is 0.0306. The highest BCUT2D eigenvalue weighted by Crippen LogP contribution is 2.37. The number of rotatable bonds is 10. The van der Waals surface area contributed by atoms with Gasteiger partial charge in [-0.3, -0.25) is 4.79 Å². The molecule has 218 valence electrons. The van der Waals surface area contributed by atoms with Gasteiger partial charge in [0.05, 0.1) is 24.3 Å². The molecule has 0 aliphatic heterocycles. The number of carbonyl (C=O) groups is 2. The summed E-state index contributed by atoms with van der Waals surface area (Å²) in [5.41, 5.74) is 9.58. The fraction of sp³-hybridized carbons (Fsp3) is 0.394. The Kier molecular flexibility index (Phi) is 9.68. The van der Waals surface area contributed by atoms with E-state index in [4.69, 9.17) is 10.5 Å².